The summed E-state index contributed by atoms with van der Waals surface area (Å²) >= 11 is 20.4. The van der Waals surface area contributed by atoms with E-state index in [4.69, 9.17) is 39.5 Å². The fraction of sp³-hybridized carbons (Fsp3) is 0.207. The van der Waals surface area contributed by atoms with Gasteiger partial charge in [0.05, 0.1) is 33.1 Å². The number of ether oxygens (including phenoxy) is 1. The van der Waals surface area contributed by atoms with Crippen molar-refractivity contribution in [2.45, 2.75) is 33.7 Å². The molecule has 1 aliphatic heterocycles. The molecule has 0 saturated carbocycles. The van der Waals surface area contributed by atoms with Gasteiger partial charge in [-0.2, -0.15) is 0 Å². The molecule has 0 spiro atoms. The van der Waals surface area contributed by atoms with Crippen LogP contribution in [-0.4, -0.2) is 21.7 Å². The van der Waals surface area contributed by atoms with Crippen molar-refractivity contribution < 1.29 is 9.53 Å². The molecule has 2 aromatic carbocycles. The molecule has 4 aromatic rings. The van der Waals surface area contributed by atoms with Crippen molar-refractivity contribution in [3.05, 3.63) is 117 Å². The smallest absolute Gasteiger partial charge is 0.338 e. The standard InChI is InChI=1S/C29H24Cl3N3O3S/c1-5-38-28(37)25-16(3)33-29-35(26(25)20-8-6-7-9-21(20)31)27(36)24(39-29)13-18-12-15(2)34(17(18)4)23-11-10-19(30)14-22(23)32/h6-14,26H,5H2,1-4H3/b24-13-/t26-/m1/s1. The predicted octanol–water partition coefficient (Wildman–Crippen LogP) is 6.17. The first kappa shape index (κ1) is 27.5. The van der Waals surface area contributed by atoms with E-state index in [2.05, 4.69) is 4.99 Å². The zero-order valence-electron chi connectivity index (χ0n) is 21.6. The molecule has 0 bridgehead atoms. The van der Waals surface area contributed by atoms with Crippen molar-refractivity contribution >= 4 is 58.2 Å². The molecule has 200 valence electrons. The molecule has 39 heavy (non-hydrogen) atoms. The number of aryl methyl sites for hydroxylation is 1. The van der Waals surface area contributed by atoms with Gasteiger partial charge in [0.15, 0.2) is 4.80 Å². The number of hydrogen-bond acceptors (Lipinski definition) is 5. The Kier molecular flexibility index (Phi) is 7.62. The topological polar surface area (TPSA) is 65.6 Å². The average molecular weight is 601 g/mol. The van der Waals surface area contributed by atoms with Crippen LogP contribution >= 0.6 is 46.1 Å². The van der Waals surface area contributed by atoms with Crippen LogP contribution in [0.4, 0.5) is 0 Å². The van der Waals surface area contributed by atoms with Gasteiger partial charge in [-0.3, -0.25) is 9.36 Å². The van der Waals surface area contributed by atoms with Gasteiger partial charge in [0.25, 0.3) is 5.56 Å². The van der Waals surface area contributed by atoms with Gasteiger partial charge in [0.1, 0.15) is 6.04 Å². The SMILES string of the molecule is CCOC(=O)C1=C(C)N=c2s/c(=C\c3cc(C)n(-c4ccc(Cl)cc4Cl)c3C)c(=O)n2[C@@H]1c1ccccc1Cl. The van der Waals surface area contributed by atoms with E-state index in [0.29, 0.717) is 41.2 Å². The fourth-order valence-electron chi connectivity index (χ4n) is 4.89. The van der Waals surface area contributed by atoms with Gasteiger partial charge < -0.3 is 9.30 Å². The highest BCUT2D eigenvalue weighted by atomic mass is 35.5. The summed E-state index contributed by atoms with van der Waals surface area (Å²) in [5.41, 5.74) is 4.65. The number of hydrogen-bond donors (Lipinski definition) is 0. The Hall–Kier alpha value is -3.10. The van der Waals surface area contributed by atoms with Gasteiger partial charge in [-0.25, -0.2) is 9.79 Å². The van der Waals surface area contributed by atoms with Crippen molar-refractivity contribution in [2.75, 3.05) is 6.61 Å². The Labute approximate surface area is 244 Å². The summed E-state index contributed by atoms with van der Waals surface area (Å²) in [5, 5.41) is 1.52. The largest absolute Gasteiger partial charge is 0.463 e. The van der Waals surface area contributed by atoms with Gasteiger partial charge in [0, 0.05) is 21.4 Å². The van der Waals surface area contributed by atoms with Crippen molar-refractivity contribution in [1.82, 2.24) is 9.13 Å². The molecule has 0 saturated heterocycles. The Morgan fingerprint density at radius 3 is 2.51 bits per heavy atom. The van der Waals surface area contributed by atoms with Crippen LogP contribution in [0.25, 0.3) is 11.8 Å². The molecule has 0 N–H and O–H groups in total. The summed E-state index contributed by atoms with van der Waals surface area (Å²) in [6.07, 6.45) is 1.85. The highest BCUT2D eigenvalue weighted by Gasteiger charge is 2.34. The van der Waals surface area contributed by atoms with E-state index < -0.39 is 12.0 Å². The molecule has 0 unspecified atom stereocenters. The van der Waals surface area contributed by atoms with Crippen LogP contribution in [0, 0.1) is 13.8 Å². The second-order valence-electron chi connectivity index (χ2n) is 9.08. The minimum atomic E-state index is -0.767. The minimum Gasteiger partial charge on any atom is -0.463 e. The van der Waals surface area contributed by atoms with Crippen LogP contribution in [0.1, 0.15) is 42.4 Å². The van der Waals surface area contributed by atoms with Gasteiger partial charge in [-0.05, 0) is 75.2 Å². The van der Waals surface area contributed by atoms with Crippen molar-refractivity contribution in [1.29, 1.82) is 0 Å². The van der Waals surface area contributed by atoms with Crippen LogP contribution in [0.3, 0.4) is 0 Å². The number of carbonyl (C=O) groups is 1. The summed E-state index contributed by atoms with van der Waals surface area (Å²) in [7, 11) is 0. The van der Waals surface area contributed by atoms with E-state index in [0.717, 1.165) is 22.6 Å². The lowest BCUT2D eigenvalue weighted by Gasteiger charge is -2.25. The number of aromatic nitrogens is 2. The molecule has 0 amide bonds. The zero-order chi connectivity index (χ0) is 28.0. The second kappa shape index (κ2) is 10.8. The number of fused-ring (bicyclic) bond motifs is 1. The van der Waals surface area contributed by atoms with Crippen LogP contribution in [0.2, 0.25) is 15.1 Å². The molecule has 3 heterocycles. The van der Waals surface area contributed by atoms with Crippen LogP contribution in [0.5, 0.6) is 0 Å². The lowest BCUT2D eigenvalue weighted by molar-refractivity contribution is -0.139. The molecule has 5 rings (SSSR count). The first-order valence-electron chi connectivity index (χ1n) is 12.2. The normalized spacial score (nSPS) is 15.4. The van der Waals surface area contributed by atoms with E-state index in [-0.39, 0.29) is 12.2 Å². The van der Waals surface area contributed by atoms with E-state index in [9.17, 15) is 9.59 Å². The third-order valence-electron chi connectivity index (χ3n) is 6.62. The number of rotatable bonds is 5. The molecule has 0 radical (unpaired) electrons. The second-order valence-corrected chi connectivity index (χ2v) is 11.3. The molecule has 1 aliphatic rings. The third kappa shape index (κ3) is 4.89. The van der Waals surface area contributed by atoms with Crippen molar-refractivity contribution in [3.63, 3.8) is 0 Å². The molecule has 6 nitrogen and oxygen atoms in total. The molecule has 2 aromatic heterocycles. The van der Waals surface area contributed by atoms with Gasteiger partial charge in [-0.15, -0.1) is 0 Å². The minimum absolute atomic E-state index is 0.197. The summed E-state index contributed by atoms with van der Waals surface area (Å²) in [4.78, 5) is 32.1. The van der Waals surface area contributed by atoms with E-state index in [1.54, 1.807) is 38.1 Å². The van der Waals surface area contributed by atoms with Gasteiger partial charge in [0.2, 0.25) is 0 Å². The maximum Gasteiger partial charge on any atom is 0.338 e. The summed E-state index contributed by atoms with van der Waals surface area (Å²) in [5.74, 6) is -0.527. The third-order valence-corrected chi connectivity index (χ3v) is 8.49. The number of benzene rings is 2. The summed E-state index contributed by atoms with van der Waals surface area (Å²) in [6.45, 7) is 7.63. The Morgan fingerprint density at radius 1 is 1.08 bits per heavy atom. The number of carbonyl (C=O) groups excluding carboxylic acids is 1. The van der Waals surface area contributed by atoms with Crippen LogP contribution in [-0.2, 0) is 9.53 Å². The maximum absolute atomic E-state index is 13.9. The van der Waals surface area contributed by atoms with Gasteiger partial charge >= 0.3 is 5.97 Å². The van der Waals surface area contributed by atoms with Crippen LogP contribution < -0.4 is 14.9 Å². The Morgan fingerprint density at radius 2 is 1.82 bits per heavy atom. The molecule has 10 heteroatoms. The van der Waals surface area contributed by atoms with E-state index in [1.807, 2.05) is 48.8 Å². The fourth-order valence-corrected chi connectivity index (χ4v) is 6.66. The predicted molar refractivity (Wildman–Crippen MR) is 157 cm³/mol. The number of thiazole rings is 1. The molecule has 0 aliphatic carbocycles. The molecular weight excluding hydrogens is 577 g/mol. The number of nitrogens with zero attached hydrogens (tertiary/aromatic N) is 3. The van der Waals surface area contributed by atoms with E-state index >= 15 is 0 Å². The number of halogens is 3. The zero-order valence-corrected chi connectivity index (χ0v) is 24.7. The van der Waals surface area contributed by atoms with E-state index in [1.165, 1.54) is 15.9 Å². The van der Waals surface area contributed by atoms with Gasteiger partial charge in [-0.1, -0.05) is 64.3 Å². The highest BCUT2D eigenvalue weighted by Crippen LogP contribution is 2.34. The molecule has 1 atom stereocenters. The first-order chi connectivity index (χ1) is 18.6. The Balaban J connectivity index is 1.71. The monoisotopic (exact) mass is 599 g/mol. The summed E-state index contributed by atoms with van der Waals surface area (Å²) < 4.78 is 9.39. The highest BCUT2D eigenvalue weighted by molar-refractivity contribution is 7.07. The lowest BCUT2D eigenvalue weighted by atomic mass is 9.96. The first-order valence-corrected chi connectivity index (χ1v) is 14.2. The number of esters is 1. The van der Waals surface area contributed by atoms with Crippen LogP contribution in [0.15, 0.2) is 69.6 Å². The van der Waals surface area contributed by atoms with Crippen molar-refractivity contribution in [2.24, 2.45) is 4.99 Å². The Bertz CT molecular complexity index is 1850. The average Bonchev–Trinajstić information content (AvgIpc) is 3.33. The van der Waals surface area contributed by atoms with Crippen molar-refractivity contribution in [3.8, 4) is 5.69 Å². The molecule has 0 fully saturated rings. The molecular formula is C29H24Cl3N3O3S. The number of allylic oxidation sites excluding steroid dienone is 1. The maximum atomic E-state index is 13.9. The summed E-state index contributed by atoms with van der Waals surface area (Å²) in [6, 6.07) is 13.8. The quantitative estimate of drug-likeness (QED) is 0.258. The lowest BCUT2D eigenvalue weighted by Crippen LogP contribution is -2.40.